The van der Waals surface area contributed by atoms with Crippen LogP contribution in [0.5, 0.6) is 0 Å². The van der Waals surface area contributed by atoms with Gasteiger partial charge in [-0.25, -0.2) is 13.4 Å². The fourth-order valence-electron chi connectivity index (χ4n) is 4.38. The van der Waals surface area contributed by atoms with Gasteiger partial charge in [0.2, 0.25) is 15.9 Å². The average Bonchev–Trinajstić information content (AvgIpc) is 3.09. The monoisotopic (exact) mass is 571 g/mol. The number of halogens is 1. The van der Waals surface area contributed by atoms with Crippen LogP contribution in [0.1, 0.15) is 43.6 Å². The zero-order chi connectivity index (χ0) is 28.2. The van der Waals surface area contributed by atoms with E-state index in [2.05, 4.69) is 20.6 Å². The van der Waals surface area contributed by atoms with E-state index in [4.69, 9.17) is 11.6 Å². The topological polar surface area (TPSA) is 138 Å². The number of nitrogens with zero attached hydrogens (tertiary/aromatic N) is 3. The van der Waals surface area contributed by atoms with Crippen molar-refractivity contribution in [3.05, 3.63) is 65.4 Å². The van der Waals surface area contributed by atoms with Crippen molar-refractivity contribution in [3.8, 4) is 0 Å². The number of ketones is 1. The molecule has 0 radical (unpaired) electrons. The Morgan fingerprint density at radius 3 is 2.49 bits per heavy atom. The minimum Gasteiger partial charge on any atom is -0.344 e. The lowest BCUT2D eigenvalue weighted by Gasteiger charge is -2.23. The van der Waals surface area contributed by atoms with Gasteiger partial charge in [0, 0.05) is 11.6 Å². The van der Waals surface area contributed by atoms with E-state index in [0.717, 1.165) is 4.31 Å². The largest absolute Gasteiger partial charge is 0.344 e. The van der Waals surface area contributed by atoms with Crippen molar-refractivity contribution in [2.45, 2.75) is 50.1 Å². The minimum absolute atomic E-state index is 0.0404. The van der Waals surface area contributed by atoms with Gasteiger partial charge in [-0.2, -0.15) is 4.31 Å². The minimum atomic E-state index is -3.91. The maximum atomic E-state index is 13.3. The van der Waals surface area contributed by atoms with Crippen LogP contribution in [-0.2, 0) is 19.6 Å². The average molecular weight is 572 g/mol. The van der Waals surface area contributed by atoms with Gasteiger partial charge in [-0.05, 0) is 61.6 Å². The van der Waals surface area contributed by atoms with Crippen molar-refractivity contribution in [2.24, 2.45) is 5.92 Å². The molecular weight excluding hydrogens is 542 g/mol. The Labute approximate surface area is 232 Å². The first-order chi connectivity index (χ1) is 18.5. The van der Waals surface area contributed by atoms with Crippen LogP contribution in [0.4, 0.5) is 0 Å². The molecule has 0 bridgehead atoms. The van der Waals surface area contributed by atoms with E-state index in [1.165, 1.54) is 30.5 Å². The number of Topliss-reactive ketones (excluding diaryl/α,β-unsaturated/α-hetero) is 1. The zero-order valence-electron chi connectivity index (χ0n) is 21.6. The molecule has 2 N–H and O–H groups in total. The molecular formula is C27H30ClN5O5S. The molecule has 4 rings (SSSR count). The number of nitrogens with one attached hydrogen (secondary N) is 2. The Morgan fingerprint density at radius 2 is 1.79 bits per heavy atom. The Balaban J connectivity index is 1.44. The van der Waals surface area contributed by atoms with Gasteiger partial charge in [0.15, 0.2) is 5.78 Å². The molecule has 0 aliphatic carbocycles. The number of para-hydroxylation sites is 2. The summed E-state index contributed by atoms with van der Waals surface area (Å²) >= 11 is 5.88. The lowest BCUT2D eigenvalue weighted by Crippen LogP contribution is -2.52. The van der Waals surface area contributed by atoms with Crippen LogP contribution in [0.2, 0.25) is 5.02 Å². The number of rotatable bonds is 8. The Bertz CT molecular complexity index is 1480. The molecule has 1 saturated heterocycles. The fraction of sp³-hybridized carbons (Fsp3) is 0.370. The lowest BCUT2D eigenvalue weighted by molar-refractivity contribution is -0.129. The van der Waals surface area contributed by atoms with E-state index in [1.807, 2.05) is 19.9 Å². The highest BCUT2D eigenvalue weighted by atomic mass is 35.5. The third kappa shape index (κ3) is 6.97. The number of benzene rings is 2. The van der Waals surface area contributed by atoms with E-state index in [-0.39, 0.29) is 36.0 Å². The normalized spacial score (nSPS) is 17.5. The second-order valence-electron chi connectivity index (χ2n) is 9.86. The SMILES string of the molecule is CC(C)CC(NC(=O)c1cnc2ccccc2n1)C(=O)N[C@H]1CCCN(S(=O)(=O)c2ccc(Cl)cc2)CC1=O. The second kappa shape index (κ2) is 12.2. The highest BCUT2D eigenvalue weighted by Gasteiger charge is 2.34. The summed E-state index contributed by atoms with van der Waals surface area (Å²) in [7, 11) is -3.91. The molecule has 206 valence electrons. The summed E-state index contributed by atoms with van der Waals surface area (Å²) in [6.07, 6.45) is 2.33. The standard InChI is InChI=1S/C27H30ClN5O5S/c1-17(2)14-23(32-27(36)24-15-29-20-6-3-4-7-21(20)30-24)26(35)31-22-8-5-13-33(16-25(22)34)39(37,38)19-11-9-18(28)10-12-19/h3-4,6-7,9-12,15,17,22-23H,5,8,13-14,16H2,1-2H3,(H,31,35)(H,32,36)/t22-,23?/m0/s1. The van der Waals surface area contributed by atoms with Gasteiger partial charge in [-0.1, -0.05) is 37.6 Å². The maximum absolute atomic E-state index is 13.3. The predicted octanol–water partition coefficient (Wildman–Crippen LogP) is 2.97. The van der Waals surface area contributed by atoms with E-state index < -0.39 is 39.7 Å². The smallest absolute Gasteiger partial charge is 0.272 e. The number of aromatic nitrogens is 2. The molecule has 1 aromatic heterocycles. The summed E-state index contributed by atoms with van der Waals surface area (Å²) in [6.45, 7) is 3.59. The molecule has 1 aliphatic rings. The van der Waals surface area contributed by atoms with Crippen LogP contribution in [0.3, 0.4) is 0 Å². The van der Waals surface area contributed by atoms with Crippen LogP contribution in [0.25, 0.3) is 11.0 Å². The van der Waals surface area contributed by atoms with Crippen LogP contribution < -0.4 is 10.6 Å². The van der Waals surface area contributed by atoms with E-state index in [0.29, 0.717) is 28.9 Å². The van der Waals surface area contributed by atoms with E-state index >= 15 is 0 Å². The first kappa shape index (κ1) is 28.6. The molecule has 10 nitrogen and oxygen atoms in total. The van der Waals surface area contributed by atoms with Crippen LogP contribution >= 0.6 is 11.6 Å². The predicted molar refractivity (Wildman–Crippen MR) is 147 cm³/mol. The Morgan fingerprint density at radius 1 is 1.10 bits per heavy atom. The fourth-order valence-corrected chi connectivity index (χ4v) is 5.95. The first-order valence-electron chi connectivity index (χ1n) is 12.7. The summed E-state index contributed by atoms with van der Waals surface area (Å²) in [5, 5.41) is 5.87. The molecule has 2 heterocycles. The van der Waals surface area contributed by atoms with Gasteiger partial charge in [-0.15, -0.1) is 0 Å². The van der Waals surface area contributed by atoms with Gasteiger partial charge in [0.05, 0.1) is 34.7 Å². The Kier molecular flexibility index (Phi) is 8.94. The van der Waals surface area contributed by atoms with Gasteiger partial charge < -0.3 is 10.6 Å². The molecule has 0 spiro atoms. The molecule has 2 atom stereocenters. The highest BCUT2D eigenvalue weighted by molar-refractivity contribution is 7.89. The van der Waals surface area contributed by atoms with Crippen LogP contribution in [0, 0.1) is 5.92 Å². The lowest BCUT2D eigenvalue weighted by atomic mass is 10.0. The van der Waals surface area contributed by atoms with Crippen molar-refractivity contribution in [2.75, 3.05) is 13.1 Å². The third-order valence-corrected chi connectivity index (χ3v) is 8.51. The van der Waals surface area contributed by atoms with Crippen molar-refractivity contribution in [1.29, 1.82) is 0 Å². The summed E-state index contributed by atoms with van der Waals surface area (Å²) in [5.41, 5.74) is 1.27. The number of carbonyl (C=O) groups excluding carboxylic acids is 3. The molecule has 0 saturated carbocycles. The number of hydrogen-bond acceptors (Lipinski definition) is 7. The van der Waals surface area contributed by atoms with Crippen molar-refractivity contribution in [1.82, 2.24) is 24.9 Å². The van der Waals surface area contributed by atoms with Crippen LogP contribution in [0.15, 0.2) is 59.6 Å². The second-order valence-corrected chi connectivity index (χ2v) is 12.2. The third-order valence-electron chi connectivity index (χ3n) is 6.40. The molecule has 1 unspecified atom stereocenters. The maximum Gasteiger partial charge on any atom is 0.272 e. The first-order valence-corrected chi connectivity index (χ1v) is 14.5. The van der Waals surface area contributed by atoms with Gasteiger partial charge in [-0.3, -0.25) is 19.4 Å². The molecule has 39 heavy (non-hydrogen) atoms. The van der Waals surface area contributed by atoms with Crippen molar-refractivity contribution in [3.63, 3.8) is 0 Å². The Hall–Kier alpha value is -3.41. The summed E-state index contributed by atoms with van der Waals surface area (Å²) in [4.78, 5) is 47.9. The number of fused-ring (bicyclic) bond motifs is 1. The molecule has 1 fully saturated rings. The highest BCUT2D eigenvalue weighted by Crippen LogP contribution is 2.21. The molecule has 1 aliphatic heterocycles. The quantitative estimate of drug-likeness (QED) is 0.424. The van der Waals surface area contributed by atoms with E-state index in [1.54, 1.807) is 18.2 Å². The van der Waals surface area contributed by atoms with E-state index in [9.17, 15) is 22.8 Å². The number of amides is 2. The van der Waals surface area contributed by atoms with Gasteiger partial charge >= 0.3 is 0 Å². The summed E-state index contributed by atoms with van der Waals surface area (Å²) in [6, 6.07) is 11.1. The number of hydrogen-bond donors (Lipinski definition) is 2. The van der Waals surface area contributed by atoms with Crippen molar-refractivity contribution < 1.29 is 22.8 Å². The van der Waals surface area contributed by atoms with Gasteiger partial charge in [0.1, 0.15) is 11.7 Å². The summed E-state index contributed by atoms with van der Waals surface area (Å²) < 4.78 is 27.3. The van der Waals surface area contributed by atoms with Crippen LogP contribution in [-0.4, -0.2) is 65.5 Å². The molecule has 2 aromatic carbocycles. The van der Waals surface area contributed by atoms with Gasteiger partial charge in [0.25, 0.3) is 5.91 Å². The molecule has 12 heteroatoms. The number of carbonyl (C=O) groups is 3. The van der Waals surface area contributed by atoms with Crippen molar-refractivity contribution >= 4 is 50.3 Å². The number of sulfonamides is 1. The molecule has 2 amide bonds. The zero-order valence-corrected chi connectivity index (χ0v) is 23.2. The molecule has 3 aromatic rings. The summed E-state index contributed by atoms with van der Waals surface area (Å²) in [5.74, 6) is -1.43.